The van der Waals surface area contributed by atoms with Crippen LogP contribution >= 0.6 is 0 Å². The van der Waals surface area contributed by atoms with Gasteiger partial charge in [-0.05, 0) is 38.2 Å². The van der Waals surface area contributed by atoms with Gasteiger partial charge in [-0.15, -0.1) is 0 Å². The van der Waals surface area contributed by atoms with Crippen molar-refractivity contribution >= 4 is 17.3 Å². The number of aliphatic hydroxyl groups is 2. The van der Waals surface area contributed by atoms with Crippen molar-refractivity contribution < 1.29 is 30.0 Å². The van der Waals surface area contributed by atoms with Gasteiger partial charge in [0.1, 0.15) is 5.75 Å². The molecule has 2 aromatic rings. The fraction of sp³-hybridized carbons (Fsp3) is 0.407. The molecule has 5 rings (SSSR count). The number of fused-ring (bicyclic) bond motifs is 1. The number of carbonyl (C=O) groups excluding carboxylic acids is 2. The van der Waals surface area contributed by atoms with Gasteiger partial charge >= 0.3 is 0 Å². The van der Waals surface area contributed by atoms with E-state index < -0.39 is 22.8 Å². The fourth-order valence-electron chi connectivity index (χ4n) is 5.53. The van der Waals surface area contributed by atoms with E-state index in [1.54, 1.807) is 0 Å². The summed E-state index contributed by atoms with van der Waals surface area (Å²) in [6, 6.07) is 11.6. The van der Waals surface area contributed by atoms with Gasteiger partial charge in [-0.3, -0.25) is 9.59 Å². The van der Waals surface area contributed by atoms with Gasteiger partial charge in [-0.25, -0.2) is 0 Å². The molecule has 4 N–H and O–H groups in total. The van der Waals surface area contributed by atoms with Crippen LogP contribution in [-0.4, -0.2) is 56.3 Å². The van der Waals surface area contributed by atoms with Crippen LogP contribution in [0.3, 0.4) is 0 Å². The highest BCUT2D eigenvalue weighted by Crippen LogP contribution is 2.50. The first-order valence-corrected chi connectivity index (χ1v) is 11.7. The molecular formula is C27H29NO6. The van der Waals surface area contributed by atoms with Crippen molar-refractivity contribution in [1.82, 2.24) is 0 Å². The summed E-state index contributed by atoms with van der Waals surface area (Å²) in [5.41, 5.74) is -1.93. The Balaban J connectivity index is 1.49. The molecule has 1 saturated heterocycles. The molecule has 0 amide bonds. The van der Waals surface area contributed by atoms with E-state index in [4.69, 9.17) is 0 Å². The SMILES string of the molecule is C[C@]1(O)CC2=C(C[C@@]1(C)O)C(=O)c1c(O)cc(N3CCC(c4ccccc4)CC3)c(O)c1C2=O. The third-order valence-corrected chi connectivity index (χ3v) is 7.93. The van der Waals surface area contributed by atoms with Gasteiger partial charge < -0.3 is 25.3 Å². The van der Waals surface area contributed by atoms with Crippen molar-refractivity contribution in [2.24, 2.45) is 0 Å². The topological polar surface area (TPSA) is 118 Å². The molecule has 0 saturated carbocycles. The zero-order chi connectivity index (χ0) is 24.4. The van der Waals surface area contributed by atoms with Crippen LogP contribution in [0.4, 0.5) is 5.69 Å². The third-order valence-electron chi connectivity index (χ3n) is 7.93. The summed E-state index contributed by atoms with van der Waals surface area (Å²) in [7, 11) is 0. The minimum Gasteiger partial charge on any atom is -0.507 e. The van der Waals surface area contributed by atoms with Crippen molar-refractivity contribution in [3.63, 3.8) is 0 Å². The number of piperidine rings is 1. The second-order valence-corrected chi connectivity index (χ2v) is 10.2. The van der Waals surface area contributed by atoms with Gasteiger partial charge in [0.05, 0.1) is 28.0 Å². The van der Waals surface area contributed by atoms with Gasteiger partial charge in [0.25, 0.3) is 0 Å². The average Bonchev–Trinajstić information content (AvgIpc) is 2.80. The lowest BCUT2D eigenvalue weighted by atomic mass is 9.66. The quantitative estimate of drug-likeness (QED) is 0.504. The van der Waals surface area contributed by atoms with E-state index in [9.17, 15) is 30.0 Å². The maximum absolute atomic E-state index is 13.4. The number of benzene rings is 2. The van der Waals surface area contributed by atoms with E-state index in [1.807, 2.05) is 23.1 Å². The van der Waals surface area contributed by atoms with Crippen molar-refractivity contribution in [3.8, 4) is 11.5 Å². The number of Topliss-reactive ketones (excluding diaryl/α,β-unsaturated/α-hetero) is 2. The monoisotopic (exact) mass is 463 g/mol. The molecule has 178 valence electrons. The summed E-state index contributed by atoms with van der Waals surface area (Å²) in [6.07, 6.45) is 1.27. The lowest BCUT2D eigenvalue weighted by molar-refractivity contribution is -0.133. The molecule has 34 heavy (non-hydrogen) atoms. The molecule has 7 heteroatoms. The van der Waals surface area contributed by atoms with E-state index >= 15 is 0 Å². The van der Waals surface area contributed by atoms with Gasteiger partial charge in [-0.1, -0.05) is 30.3 Å². The second-order valence-electron chi connectivity index (χ2n) is 10.2. The minimum atomic E-state index is -1.62. The van der Waals surface area contributed by atoms with E-state index in [0.29, 0.717) is 24.7 Å². The summed E-state index contributed by atoms with van der Waals surface area (Å²) in [5.74, 6) is -1.49. The molecule has 0 aromatic heterocycles. The average molecular weight is 464 g/mol. The third kappa shape index (κ3) is 3.34. The molecular weight excluding hydrogens is 434 g/mol. The van der Waals surface area contributed by atoms with Gasteiger partial charge in [-0.2, -0.15) is 0 Å². The molecule has 1 heterocycles. The highest BCUT2D eigenvalue weighted by Gasteiger charge is 2.52. The van der Waals surface area contributed by atoms with Crippen LogP contribution in [0, 0.1) is 0 Å². The van der Waals surface area contributed by atoms with Crippen LogP contribution in [0.1, 0.15) is 71.7 Å². The number of nitrogens with zero attached hydrogens (tertiary/aromatic N) is 1. The van der Waals surface area contributed by atoms with Crippen molar-refractivity contribution in [2.75, 3.05) is 18.0 Å². The van der Waals surface area contributed by atoms with Crippen molar-refractivity contribution in [1.29, 1.82) is 0 Å². The zero-order valence-corrected chi connectivity index (χ0v) is 19.3. The summed E-state index contributed by atoms with van der Waals surface area (Å²) >= 11 is 0. The summed E-state index contributed by atoms with van der Waals surface area (Å²) < 4.78 is 0. The molecule has 1 aliphatic heterocycles. The van der Waals surface area contributed by atoms with E-state index in [1.165, 1.54) is 25.5 Å². The van der Waals surface area contributed by atoms with Crippen LogP contribution in [0.25, 0.3) is 0 Å². The standard InChI is InChI=1S/C27H29NO6/c1-26(33)13-17-18(14-27(26,2)34)24(31)22-21(23(17)30)20(29)12-19(25(22)32)28-10-8-16(9-11-28)15-6-4-3-5-7-15/h3-7,12,16,29,32-34H,8-11,13-14H2,1-2H3/t26-,27+/m1/s1. The Morgan fingerprint density at radius 2 is 1.38 bits per heavy atom. The number of ketones is 2. The highest BCUT2D eigenvalue weighted by molar-refractivity contribution is 6.29. The Morgan fingerprint density at radius 1 is 0.853 bits per heavy atom. The number of anilines is 1. The predicted molar refractivity (Wildman–Crippen MR) is 127 cm³/mol. The highest BCUT2D eigenvalue weighted by atomic mass is 16.4. The first kappa shape index (κ1) is 22.6. The van der Waals surface area contributed by atoms with Crippen molar-refractivity contribution in [3.05, 3.63) is 64.2 Å². The van der Waals surface area contributed by atoms with Crippen LogP contribution in [-0.2, 0) is 0 Å². The molecule has 7 nitrogen and oxygen atoms in total. The second kappa shape index (κ2) is 7.68. The van der Waals surface area contributed by atoms with Crippen molar-refractivity contribution in [2.45, 2.75) is 56.7 Å². The molecule has 2 aliphatic carbocycles. The molecule has 2 atom stereocenters. The fourth-order valence-corrected chi connectivity index (χ4v) is 5.53. The Kier molecular flexibility index (Phi) is 5.11. The number of carbonyl (C=O) groups is 2. The minimum absolute atomic E-state index is 0.0835. The molecule has 0 radical (unpaired) electrons. The Morgan fingerprint density at radius 3 is 1.94 bits per heavy atom. The molecule has 0 bridgehead atoms. The lowest BCUT2D eigenvalue weighted by Gasteiger charge is -2.44. The molecule has 0 unspecified atom stereocenters. The summed E-state index contributed by atoms with van der Waals surface area (Å²) in [6.45, 7) is 4.09. The van der Waals surface area contributed by atoms with Crippen LogP contribution in [0.2, 0.25) is 0 Å². The van der Waals surface area contributed by atoms with E-state index in [2.05, 4.69) is 12.1 Å². The molecule has 2 aromatic carbocycles. The van der Waals surface area contributed by atoms with E-state index in [0.717, 1.165) is 12.8 Å². The summed E-state index contributed by atoms with van der Waals surface area (Å²) in [5, 5.41) is 43.3. The predicted octanol–water partition coefficient (Wildman–Crippen LogP) is 3.45. The Bertz CT molecular complexity index is 1220. The number of rotatable bonds is 2. The number of phenols is 2. The van der Waals surface area contributed by atoms with Gasteiger partial charge in [0.15, 0.2) is 17.3 Å². The van der Waals surface area contributed by atoms with Crippen LogP contribution in [0.5, 0.6) is 11.5 Å². The Labute approximate surface area is 198 Å². The molecule has 3 aliphatic rings. The normalized spacial score (nSPS) is 27.6. The number of phenolic OH excluding ortho intramolecular Hbond substituents is 2. The lowest BCUT2D eigenvalue weighted by Crippen LogP contribution is -2.54. The largest absolute Gasteiger partial charge is 0.507 e. The van der Waals surface area contributed by atoms with Gasteiger partial charge in [0.2, 0.25) is 0 Å². The Hall–Kier alpha value is -3.16. The maximum Gasteiger partial charge on any atom is 0.194 e. The van der Waals surface area contributed by atoms with Gasteiger partial charge in [0, 0.05) is 43.1 Å². The zero-order valence-electron chi connectivity index (χ0n) is 19.3. The molecule has 1 fully saturated rings. The number of aromatic hydroxyl groups is 2. The first-order chi connectivity index (χ1) is 16.0. The number of hydrogen-bond acceptors (Lipinski definition) is 7. The maximum atomic E-state index is 13.4. The van der Waals surface area contributed by atoms with Crippen LogP contribution in [0.15, 0.2) is 47.5 Å². The first-order valence-electron chi connectivity index (χ1n) is 11.7. The molecule has 0 spiro atoms. The van der Waals surface area contributed by atoms with E-state index in [-0.39, 0.29) is 46.6 Å². The van der Waals surface area contributed by atoms with Crippen LogP contribution < -0.4 is 4.90 Å². The summed E-state index contributed by atoms with van der Waals surface area (Å²) in [4.78, 5) is 28.6. The number of hydrogen-bond donors (Lipinski definition) is 4. The smallest absolute Gasteiger partial charge is 0.194 e.